The Morgan fingerprint density at radius 3 is 2.79 bits per heavy atom. The standard InChI is InChI=1S/C25H26FN5O2/c1-16-28-29-24-7-4-18(15-30(16)24)10-17-2-5-20(6-3-17)25(32)31-23(8-9-33-31)21-11-19(14-27)12-22(26)13-21/h4,7,11-13,15,17,20,23H,2-3,5-6,8-10H2,1H3/t17-,20-,23-/m0/s1. The molecule has 1 atom stereocenters. The second-order valence-corrected chi connectivity index (χ2v) is 9.12. The molecule has 0 unspecified atom stereocenters. The van der Waals surface area contributed by atoms with Crippen molar-refractivity contribution in [3.05, 3.63) is 64.9 Å². The van der Waals surface area contributed by atoms with E-state index in [0.717, 1.165) is 43.6 Å². The van der Waals surface area contributed by atoms with Gasteiger partial charge in [0.05, 0.1) is 24.3 Å². The number of rotatable bonds is 4. The van der Waals surface area contributed by atoms with E-state index in [9.17, 15) is 9.18 Å². The largest absolute Gasteiger partial charge is 0.286 e. The van der Waals surface area contributed by atoms with Gasteiger partial charge in [0.1, 0.15) is 11.6 Å². The average molecular weight is 448 g/mol. The van der Waals surface area contributed by atoms with Crippen LogP contribution in [0.5, 0.6) is 0 Å². The van der Waals surface area contributed by atoms with E-state index in [4.69, 9.17) is 10.1 Å². The molecular weight excluding hydrogens is 421 g/mol. The lowest BCUT2D eigenvalue weighted by Gasteiger charge is -2.32. The van der Waals surface area contributed by atoms with Gasteiger partial charge in [0.2, 0.25) is 5.91 Å². The molecule has 1 aromatic carbocycles. The summed E-state index contributed by atoms with van der Waals surface area (Å²) in [4.78, 5) is 18.9. The summed E-state index contributed by atoms with van der Waals surface area (Å²) in [5.41, 5.74) is 2.98. The highest BCUT2D eigenvalue weighted by atomic mass is 19.1. The first-order valence-corrected chi connectivity index (χ1v) is 11.5. The molecule has 170 valence electrons. The number of carbonyl (C=O) groups is 1. The van der Waals surface area contributed by atoms with Crippen molar-refractivity contribution in [1.29, 1.82) is 5.26 Å². The van der Waals surface area contributed by atoms with Crippen LogP contribution in [-0.4, -0.2) is 32.2 Å². The molecule has 1 saturated carbocycles. The van der Waals surface area contributed by atoms with Gasteiger partial charge in [-0.25, -0.2) is 9.45 Å². The molecule has 0 N–H and O–H groups in total. The molecule has 1 saturated heterocycles. The zero-order valence-corrected chi connectivity index (χ0v) is 18.6. The Bertz CT molecular complexity index is 1230. The molecule has 2 fully saturated rings. The molecule has 7 nitrogen and oxygen atoms in total. The molecule has 3 heterocycles. The predicted molar refractivity (Wildman–Crippen MR) is 118 cm³/mol. The van der Waals surface area contributed by atoms with Crippen molar-refractivity contribution < 1.29 is 14.0 Å². The van der Waals surface area contributed by atoms with Crippen molar-refractivity contribution >= 4 is 11.6 Å². The number of pyridine rings is 1. The molecule has 1 aliphatic carbocycles. The van der Waals surface area contributed by atoms with Crippen molar-refractivity contribution in [2.24, 2.45) is 11.8 Å². The Labute approximate surface area is 191 Å². The summed E-state index contributed by atoms with van der Waals surface area (Å²) >= 11 is 0. The number of benzene rings is 1. The topological polar surface area (TPSA) is 83.5 Å². The molecule has 0 spiro atoms. The summed E-state index contributed by atoms with van der Waals surface area (Å²) in [6, 6.07) is 9.99. The van der Waals surface area contributed by atoms with Gasteiger partial charge in [-0.2, -0.15) is 5.26 Å². The number of fused-ring (bicyclic) bond motifs is 1. The number of carbonyl (C=O) groups excluding carboxylic acids is 1. The number of hydroxylamine groups is 2. The quantitative estimate of drug-likeness (QED) is 0.595. The third kappa shape index (κ3) is 4.33. The van der Waals surface area contributed by atoms with Crippen molar-refractivity contribution in [1.82, 2.24) is 19.7 Å². The average Bonchev–Trinajstić information content (AvgIpc) is 3.46. The fraction of sp³-hybridized carbons (Fsp3) is 0.440. The smallest absolute Gasteiger partial charge is 0.249 e. The van der Waals surface area contributed by atoms with E-state index in [-0.39, 0.29) is 23.4 Å². The lowest BCUT2D eigenvalue weighted by Crippen LogP contribution is -2.36. The molecule has 2 aromatic heterocycles. The van der Waals surface area contributed by atoms with Crippen LogP contribution in [0.4, 0.5) is 4.39 Å². The van der Waals surface area contributed by atoms with Crippen LogP contribution in [0.25, 0.3) is 5.65 Å². The first-order chi connectivity index (χ1) is 16.0. The van der Waals surface area contributed by atoms with Crippen LogP contribution in [0.3, 0.4) is 0 Å². The molecule has 0 bridgehead atoms. The van der Waals surface area contributed by atoms with E-state index >= 15 is 0 Å². The van der Waals surface area contributed by atoms with Crippen LogP contribution in [0.15, 0.2) is 36.5 Å². The van der Waals surface area contributed by atoms with Crippen molar-refractivity contribution in [2.75, 3.05) is 6.61 Å². The molecule has 2 aliphatic rings. The molecule has 1 amide bonds. The van der Waals surface area contributed by atoms with Crippen molar-refractivity contribution in [3.63, 3.8) is 0 Å². The lowest BCUT2D eigenvalue weighted by molar-refractivity contribution is -0.183. The number of hydrogen-bond acceptors (Lipinski definition) is 5. The minimum Gasteiger partial charge on any atom is -0.286 e. The lowest BCUT2D eigenvalue weighted by atomic mass is 9.79. The molecule has 5 rings (SSSR count). The van der Waals surface area contributed by atoms with Gasteiger partial charge >= 0.3 is 0 Å². The number of aryl methyl sites for hydroxylation is 1. The highest BCUT2D eigenvalue weighted by Crippen LogP contribution is 2.37. The number of amides is 1. The van der Waals surface area contributed by atoms with Gasteiger partial charge < -0.3 is 0 Å². The van der Waals surface area contributed by atoms with Crippen LogP contribution >= 0.6 is 0 Å². The van der Waals surface area contributed by atoms with Crippen LogP contribution in [0.1, 0.15) is 60.7 Å². The predicted octanol–water partition coefficient (Wildman–Crippen LogP) is 4.30. The first-order valence-electron chi connectivity index (χ1n) is 11.5. The summed E-state index contributed by atoms with van der Waals surface area (Å²) in [5, 5.41) is 18.8. The third-order valence-corrected chi connectivity index (χ3v) is 6.91. The SMILES string of the molecule is Cc1nnc2ccc(C[C@H]3CC[C@H](C(=O)N4OCC[C@H]4c4cc(F)cc(C#N)c4)CC3)cn12. The van der Waals surface area contributed by atoms with Gasteiger partial charge in [0.15, 0.2) is 5.65 Å². The van der Waals surface area contributed by atoms with Gasteiger partial charge in [-0.3, -0.25) is 14.0 Å². The Morgan fingerprint density at radius 1 is 1.18 bits per heavy atom. The van der Waals surface area contributed by atoms with Crippen molar-refractivity contribution in [2.45, 2.75) is 51.5 Å². The highest BCUT2D eigenvalue weighted by molar-refractivity contribution is 5.78. The number of halogens is 1. The molecule has 1 aliphatic heterocycles. The van der Waals surface area contributed by atoms with Gasteiger partial charge in [-0.15, -0.1) is 10.2 Å². The molecule has 3 aromatic rings. The van der Waals surface area contributed by atoms with Gasteiger partial charge in [-0.05, 0) is 80.3 Å². The number of hydrogen-bond donors (Lipinski definition) is 0. The summed E-state index contributed by atoms with van der Waals surface area (Å²) in [5.74, 6) is 0.818. The van der Waals surface area contributed by atoms with E-state index < -0.39 is 5.82 Å². The molecule has 33 heavy (non-hydrogen) atoms. The minimum atomic E-state index is -0.469. The maximum Gasteiger partial charge on any atom is 0.249 e. The van der Waals surface area contributed by atoms with Crippen LogP contribution in [0.2, 0.25) is 0 Å². The zero-order chi connectivity index (χ0) is 22.9. The van der Waals surface area contributed by atoms with Gasteiger partial charge in [-0.1, -0.05) is 6.07 Å². The zero-order valence-electron chi connectivity index (χ0n) is 18.6. The number of nitriles is 1. The second-order valence-electron chi connectivity index (χ2n) is 9.12. The number of nitrogens with zero attached hydrogens (tertiary/aromatic N) is 5. The normalized spacial score (nSPS) is 23.1. The Morgan fingerprint density at radius 2 is 2.00 bits per heavy atom. The second kappa shape index (κ2) is 8.91. The fourth-order valence-electron chi connectivity index (χ4n) is 5.16. The van der Waals surface area contributed by atoms with E-state index in [2.05, 4.69) is 22.5 Å². The Kier molecular flexibility index (Phi) is 5.81. The maximum atomic E-state index is 14.0. The summed E-state index contributed by atoms with van der Waals surface area (Å²) < 4.78 is 16.0. The minimum absolute atomic E-state index is 0.0275. The Balaban J connectivity index is 1.22. The van der Waals surface area contributed by atoms with Crippen LogP contribution in [-0.2, 0) is 16.1 Å². The van der Waals surface area contributed by atoms with E-state index in [1.807, 2.05) is 23.5 Å². The number of aromatic nitrogens is 3. The highest BCUT2D eigenvalue weighted by Gasteiger charge is 2.37. The molecule has 8 heteroatoms. The van der Waals surface area contributed by atoms with E-state index in [1.165, 1.54) is 22.8 Å². The van der Waals surface area contributed by atoms with Gasteiger partial charge in [0.25, 0.3) is 0 Å². The monoisotopic (exact) mass is 447 g/mol. The maximum absolute atomic E-state index is 14.0. The Hall–Kier alpha value is -3.31. The van der Waals surface area contributed by atoms with E-state index in [0.29, 0.717) is 24.5 Å². The summed E-state index contributed by atoms with van der Waals surface area (Å²) in [7, 11) is 0. The van der Waals surface area contributed by atoms with Crippen molar-refractivity contribution in [3.8, 4) is 6.07 Å². The summed E-state index contributed by atoms with van der Waals surface area (Å²) in [6.45, 7) is 2.36. The first kappa shape index (κ1) is 21.5. The molecular formula is C25H26FN5O2. The van der Waals surface area contributed by atoms with Crippen LogP contribution in [0, 0.1) is 35.9 Å². The fourth-order valence-corrected chi connectivity index (χ4v) is 5.16. The molecule has 0 radical (unpaired) electrons. The summed E-state index contributed by atoms with van der Waals surface area (Å²) in [6.07, 6.45) is 7.27. The van der Waals surface area contributed by atoms with E-state index in [1.54, 1.807) is 6.07 Å². The van der Waals surface area contributed by atoms with Crippen LogP contribution < -0.4 is 0 Å². The van der Waals surface area contributed by atoms with Gasteiger partial charge in [0, 0.05) is 18.5 Å². The third-order valence-electron chi connectivity index (χ3n) is 6.91.